The van der Waals surface area contributed by atoms with Crippen molar-refractivity contribution in [2.24, 2.45) is 4.99 Å². The molecule has 1 atom stereocenters. The third-order valence-electron chi connectivity index (χ3n) is 7.86. The third kappa shape index (κ3) is 6.92. The van der Waals surface area contributed by atoms with Crippen LogP contribution in [0.2, 0.25) is 5.02 Å². The van der Waals surface area contributed by atoms with Crippen molar-refractivity contribution in [1.29, 1.82) is 5.26 Å². The van der Waals surface area contributed by atoms with Crippen LogP contribution in [0.15, 0.2) is 111 Å². The van der Waals surface area contributed by atoms with Crippen LogP contribution in [0.3, 0.4) is 0 Å². The lowest BCUT2D eigenvalue weighted by molar-refractivity contribution is -0.138. The highest BCUT2D eigenvalue weighted by Crippen LogP contribution is 2.38. The summed E-state index contributed by atoms with van der Waals surface area (Å²) in [5.41, 5.74) is 3.72. The summed E-state index contributed by atoms with van der Waals surface area (Å²) in [5.74, 6) is 0.141. The van der Waals surface area contributed by atoms with Gasteiger partial charge in [-0.2, -0.15) is 5.26 Å². The summed E-state index contributed by atoms with van der Waals surface area (Å²) < 4.78 is 19.2. The molecule has 49 heavy (non-hydrogen) atoms. The maximum atomic E-state index is 14.3. The predicted molar refractivity (Wildman–Crippen MR) is 193 cm³/mol. The number of ether oxygens (including phenoxy) is 3. The summed E-state index contributed by atoms with van der Waals surface area (Å²) in [7, 11) is 1.50. The molecule has 0 fully saturated rings. The van der Waals surface area contributed by atoms with Crippen molar-refractivity contribution in [2.75, 3.05) is 20.0 Å². The van der Waals surface area contributed by atoms with E-state index >= 15 is 0 Å². The maximum Gasteiger partial charge on any atom is 0.338 e. The molecule has 0 radical (unpaired) electrons. The molecule has 4 aromatic carbocycles. The van der Waals surface area contributed by atoms with Gasteiger partial charge in [-0.05, 0) is 60.7 Å². The van der Waals surface area contributed by atoms with E-state index in [0.717, 1.165) is 16.0 Å². The number of fused-ring (bicyclic) bond motifs is 1. The molecule has 1 aliphatic heterocycles. The van der Waals surface area contributed by atoms with Crippen LogP contribution in [-0.4, -0.2) is 30.5 Å². The number of thiazole rings is 1. The van der Waals surface area contributed by atoms with Crippen molar-refractivity contribution >= 4 is 52.4 Å². The van der Waals surface area contributed by atoms with Gasteiger partial charge in [0.25, 0.3) is 5.56 Å². The number of esters is 1. The van der Waals surface area contributed by atoms with Crippen molar-refractivity contribution in [2.45, 2.75) is 24.5 Å². The largest absolute Gasteiger partial charge is 0.493 e. The Morgan fingerprint density at radius 2 is 1.82 bits per heavy atom. The zero-order chi connectivity index (χ0) is 34.5. The minimum absolute atomic E-state index is 0.113. The Hall–Kier alpha value is -5.08. The molecule has 2 heterocycles. The van der Waals surface area contributed by atoms with Gasteiger partial charge < -0.3 is 14.2 Å². The number of rotatable bonds is 10. The Morgan fingerprint density at radius 1 is 1.08 bits per heavy atom. The summed E-state index contributed by atoms with van der Waals surface area (Å²) in [6.07, 6.45) is 3.71. The second-order valence-corrected chi connectivity index (χ2v) is 13.1. The fourth-order valence-electron chi connectivity index (χ4n) is 5.56. The summed E-state index contributed by atoms with van der Waals surface area (Å²) in [6, 6.07) is 29.2. The molecule has 0 N–H and O–H groups in total. The smallest absolute Gasteiger partial charge is 0.338 e. The first-order valence-electron chi connectivity index (χ1n) is 15.3. The Balaban J connectivity index is 1.49. The quantitative estimate of drug-likeness (QED) is 0.117. The van der Waals surface area contributed by atoms with Crippen LogP contribution in [0.4, 0.5) is 0 Å². The highest BCUT2D eigenvalue weighted by molar-refractivity contribution is 7.98. The number of carbonyl (C=O) groups is 1. The lowest BCUT2D eigenvalue weighted by Crippen LogP contribution is -2.40. The van der Waals surface area contributed by atoms with Crippen molar-refractivity contribution in [3.05, 3.63) is 149 Å². The van der Waals surface area contributed by atoms with Gasteiger partial charge in [-0.1, -0.05) is 83.6 Å². The highest BCUT2D eigenvalue weighted by atomic mass is 35.5. The number of benzene rings is 4. The fourth-order valence-corrected chi connectivity index (χ4v) is 7.24. The van der Waals surface area contributed by atoms with Gasteiger partial charge in [-0.15, -0.1) is 11.8 Å². The van der Waals surface area contributed by atoms with Gasteiger partial charge >= 0.3 is 5.97 Å². The van der Waals surface area contributed by atoms with E-state index in [4.69, 9.17) is 30.8 Å². The Labute approximate surface area is 296 Å². The van der Waals surface area contributed by atoms with E-state index < -0.39 is 12.0 Å². The number of thioether (sulfide) groups is 1. The Kier molecular flexibility index (Phi) is 10.3. The Morgan fingerprint density at radius 3 is 2.51 bits per heavy atom. The first-order valence-corrected chi connectivity index (χ1v) is 17.7. The number of nitrogens with zero attached hydrogens (tertiary/aromatic N) is 3. The van der Waals surface area contributed by atoms with Gasteiger partial charge in [-0.25, -0.2) is 9.79 Å². The van der Waals surface area contributed by atoms with Crippen molar-refractivity contribution < 1.29 is 19.0 Å². The van der Waals surface area contributed by atoms with E-state index in [1.165, 1.54) is 18.4 Å². The number of carbonyl (C=O) groups excluding carboxylic acids is 1. The SMILES string of the molecule is CCOC(=O)C1=C(c2ccccc2)N=c2s/c(=C\c3cc(Cl)c(OCc4ccccc4C#N)c(OC)c3)c(=O)n2[C@@H]1c1ccc(SC)cc1. The van der Waals surface area contributed by atoms with Crippen LogP contribution in [0.5, 0.6) is 11.5 Å². The van der Waals surface area contributed by atoms with Crippen LogP contribution in [0, 0.1) is 11.3 Å². The van der Waals surface area contributed by atoms with Crippen molar-refractivity contribution in [3.8, 4) is 17.6 Å². The molecule has 1 aromatic heterocycles. The number of hydrogen-bond acceptors (Lipinski definition) is 9. The molecule has 0 saturated carbocycles. The normalized spacial score (nSPS) is 14.1. The molecule has 5 aromatic rings. The molecule has 6 rings (SSSR count). The van der Waals surface area contributed by atoms with Gasteiger partial charge in [0, 0.05) is 16.0 Å². The fraction of sp³-hybridized carbons (Fsp3) is 0.158. The lowest BCUT2D eigenvalue weighted by Gasteiger charge is -2.26. The molecule has 11 heteroatoms. The van der Waals surface area contributed by atoms with Crippen LogP contribution in [0.25, 0.3) is 11.8 Å². The van der Waals surface area contributed by atoms with E-state index in [9.17, 15) is 14.9 Å². The van der Waals surface area contributed by atoms with Gasteiger partial charge in [0.05, 0.1) is 52.2 Å². The first kappa shape index (κ1) is 33.8. The second kappa shape index (κ2) is 15.0. The van der Waals surface area contributed by atoms with E-state index in [-0.39, 0.29) is 29.4 Å². The zero-order valence-corrected chi connectivity index (χ0v) is 29.2. The summed E-state index contributed by atoms with van der Waals surface area (Å²) in [4.78, 5) is 34.4. The van der Waals surface area contributed by atoms with Crippen LogP contribution in [0.1, 0.15) is 40.8 Å². The van der Waals surface area contributed by atoms with E-state index in [1.807, 2.05) is 73.0 Å². The highest BCUT2D eigenvalue weighted by Gasteiger charge is 2.35. The average Bonchev–Trinajstić information content (AvgIpc) is 3.44. The molecule has 8 nitrogen and oxygen atoms in total. The van der Waals surface area contributed by atoms with E-state index in [0.29, 0.717) is 43.2 Å². The second-order valence-electron chi connectivity index (χ2n) is 10.8. The van der Waals surface area contributed by atoms with Crippen LogP contribution >= 0.6 is 34.7 Å². The topological polar surface area (TPSA) is 103 Å². The molecule has 0 spiro atoms. The summed E-state index contributed by atoms with van der Waals surface area (Å²) in [6.45, 7) is 2.03. The van der Waals surface area contributed by atoms with Crippen molar-refractivity contribution in [3.63, 3.8) is 0 Å². The average molecular weight is 708 g/mol. The number of methoxy groups -OCH3 is 1. The number of halogens is 1. The molecular weight excluding hydrogens is 678 g/mol. The van der Waals surface area contributed by atoms with Gasteiger partial charge in [0.1, 0.15) is 6.61 Å². The van der Waals surface area contributed by atoms with Crippen LogP contribution in [-0.2, 0) is 16.1 Å². The zero-order valence-electron chi connectivity index (χ0n) is 26.8. The number of hydrogen-bond donors (Lipinski definition) is 0. The molecule has 1 aliphatic rings. The van der Waals surface area contributed by atoms with Gasteiger partial charge in [0.2, 0.25) is 0 Å². The van der Waals surface area contributed by atoms with Crippen LogP contribution < -0.4 is 24.4 Å². The molecule has 0 amide bonds. The van der Waals surface area contributed by atoms with Crippen molar-refractivity contribution in [1.82, 2.24) is 4.57 Å². The molecule has 0 unspecified atom stereocenters. The summed E-state index contributed by atoms with van der Waals surface area (Å²) >= 11 is 9.53. The molecular formula is C38H30ClN3O5S2. The Bertz CT molecular complexity index is 2290. The minimum atomic E-state index is -0.784. The number of aromatic nitrogens is 1. The molecule has 0 saturated heterocycles. The monoisotopic (exact) mass is 707 g/mol. The molecule has 0 aliphatic carbocycles. The third-order valence-corrected chi connectivity index (χ3v) is 9.87. The predicted octanol–water partition coefficient (Wildman–Crippen LogP) is 6.77. The van der Waals surface area contributed by atoms with E-state index in [2.05, 4.69) is 6.07 Å². The van der Waals surface area contributed by atoms with Gasteiger partial charge in [-0.3, -0.25) is 9.36 Å². The maximum absolute atomic E-state index is 14.3. The van der Waals surface area contributed by atoms with E-state index in [1.54, 1.807) is 53.6 Å². The minimum Gasteiger partial charge on any atom is -0.493 e. The summed E-state index contributed by atoms with van der Waals surface area (Å²) in [5, 5.41) is 9.73. The molecule has 0 bridgehead atoms. The van der Waals surface area contributed by atoms with Gasteiger partial charge in [0.15, 0.2) is 16.3 Å². The molecule has 246 valence electrons. The first-order chi connectivity index (χ1) is 23.9. The number of nitriles is 1. The standard InChI is InChI=1S/C38H30ClN3O5S2/c1-4-46-37(44)32-33(24-10-6-5-7-11-24)41-38-42(34(32)25-14-16-28(48-3)17-15-25)36(43)31(49-38)20-23-18-29(39)35(30(19-23)45-2)47-22-27-13-9-8-12-26(27)21-40/h5-20,34H,4,22H2,1-3H3/b31-20-/t34-/m1/s1. The lowest BCUT2D eigenvalue weighted by atomic mass is 9.93.